The van der Waals surface area contributed by atoms with E-state index in [2.05, 4.69) is 18.7 Å². The summed E-state index contributed by atoms with van der Waals surface area (Å²) in [6.45, 7) is 8.77. The highest BCUT2D eigenvalue weighted by molar-refractivity contribution is 7.10. The van der Waals surface area contributed by atoms with Crippen LogP contribution in [0, 0.1) is 0 Å². The van der Waals surface area contributed by atoms with Crippen molar-refractivity contribution in [1.82, 2.24) is 4.90 Å². The van der Waals surface area contributed by atoms with Crippen LogP contribution in [-0.4, -0.2) is 31.1 Å². The molecule has 0 amide bonds. The molecule has 1 aromatic heterocycles. The number of hydrogen-bond donors (Lipinski definition) is 1. The number of nitrogens with two attached hydrogens (primary N) is 1. The van der Waals surface area contributed by atoms with Gasteiger partial charge in [0.05, 0.1) is 4.88 Å². The summed E-state index contributed by atoms with van der Waals surface area (Å²) >= 11 is 1.66. The Hall–Kier alpha value is -0.580. The second kappa shape index (κ2) is 6.82. The van der Waals surface area contributed by atoms with Gasteiger partial charge in [-0.25, -0.2) is 0 Å². The van der Waals surface area contributed by atoms with Crippen LogP contribution in [0.1, 0.15) is 18.7 Å². The predicted octanol–water partition coefficient (Wildman–Crippen LogP) is 1.93. The van der Waals surface area contributed by atoms with Gasteiger partial charge in [-0.1, -0.05) is 13.8 Å². The quantitative estimate of drug-likeness (QED) is 0.775. The molecule has 1 rings (SSSR count). The van der Waals surface area contributed by atoms with Gasteiger partial charge in [-0.15, -0.1) is 11.3 Å². The molecule has 1 aromatic rings. The van der Waals surface area contributed by atoms with Crippen LogP contribution >= 0.6 is 11.3 Å². The molecule has 4 heteroatoms. The van der Waals surface area contributed by atoms with Crippen LogP contribution in [0.25, 0.3) is 0 Å². The van der Waals surface area contributed by atoms with Crippen LogP contribution in [-0.2, 0) is 6.54 Å². The molecular weight excluding hydrogens is 208 g/mol. The van der Waals surface area contributed by atoms with E-state index in [1.165, 1.54) is 0 Å². The molecule has 0 bridgehead atoms. The maximum Gasteiger partial charge on any atom is 0.134 e. The van der Waals surface area contributed by atoms with Crippen LogP contribution in [0.4, 0.5) is 0 Å². The SMILES string of the molecule is CCN(CC)CCOc1ccsc1CN. The number of ether oxygens (including phenoxy) is 1. The Balaban J connectivity index is 2.31. The van der Waals surface area contributed by atoms with Gasteiger partial charge in [0.2, 0.25) is 0 Å². The van der Waals surface area contributed by atoms with Crippen LogP contribution in [0.2, 0.25) is 0 Å². The van der Waals surface area contributed by atoms with E-state index in [4.69, 9.17) is 10.5 Å². The first-order chi connectivity index (χ1) is 7.31. The third-order valence-electron chi connectivity index (χ3n) is 2.45. The summed E-state index contributed by atoms with van der Waals surface area (Å²) in [5, 5.41) is 2.02. The van der Waals surface area contributed by atoms with Gasteiger partial charge in [0.25, 0.3) is 0 Å². The molecule has 0 spiro atoms. The van der Waals surface area contributed by atoms with E-state index in [0.29, 0.717) is 6.54 Å². The van der Waals surface area contributed by atoms with Crippen molar-refractivity contribution in [2.45, 2.75) is 20.4 Å². The van der Waals surface area contributed by atoms with Gasteiger partial charge in [0.15, 0.2) is 0 Å². The van der Waals surface area contributed by atoms with Gasteiger partial charge in [-0.05, 0) is 24.5 Å². The van der Waals surface area contributed by atoms with Gasteiger partial charge in [-0.3, -0.25) is 0 Å². The normalized spacial score (nSPS) is 10.9. The minimum atomic E-state index is 0.568. The molecule has 0 atom stereocenters. The van der Waals surface area contributed by atoms with Crippen molar-refractivity contribution in [1.29, 1.82) is 0 Å². The molecule has 2 N–H and O–H groups in total. The second-order valence-electron chi connectivity index (χ2n) is 3.29. The first-order valence-corrected chi connectivity index (χ1v) is 6.31. The van der Waals surface area contributed by atoms with Gasteiger partial charge >= 0.3 is 0 Å². The molecular formula is C11H20N2OS. The fourth-order valence-corrected chi connectivity index (χ4v) is 2.13. The lowest BCUT2D eigenvalue weighted by atomic mass is 10.4. The first-order valence-electron chi connectivity index (χ1n) is 5.43. The van der Waals surface area contributed by atoms with Crippen LogP contribution < -0.4 is 10.5 Å². The molecule has 0 saturated carbocycles. The highest BCUT2D eigenvalue weighted by atomic mass is 32.1. The topological polar surface area (TPSA) is 38.5 Å². The standard InChI is InChI=1S/C11H20N2OS/c1-3-13(4-2)6-7-14-10-5-8-15-11(10)9-12/h5,8H,3-4,6-7,9,12H2,1-2H3. The largest absolute Gasteiger partial charge is 0.491 e. The number of likely N-dealkylation sites (N-methyl/N-ethyl adjacent to an activating group) is 1. The van der Waals surface area contributed by atoms with Crippen molar-refractivity contribution < 1.29 is 4.74 Å². The number of rotatable bonds is 7. The molecule has 0 aliphatic carbocycles. The average Bonchev–Trinajstić information content (AvgIpc) is 2.72. The molecule has 0 aliphatic heterocycles. The lowest BCUT2D eigenvalue weighted by Gasteiger charge is -2.17. The third kappa shape index (κ3) is 3.81. The Morgan fingerprint density at radius 2 is 2.13 bits per heavy atom. The Bertz CT molecular complexity index is 271. The van der Waals surface area contributed by atoms with Crippen molar-refractivity contribution >= 4 is 11.3 Å². The molecule has 15 heavy (non-hydrogen) atoms. The highest BCUT2D eigenvalue weighted by Crippen LogP contribution is 2.23. The van der Waals surface area contributed by atoms with Crippen molar-refractivity contribution in [3.05, 3.63) is 16.3 Å². The minimum absolute atomic E-state index is 0.568. The predicted molar refractivity (Wildman–Crippen MR) is 65.5 cm³/mol. The molecule has 0 saturated heterocycles. The summed E-state index contributed by atoms with van der Waals surface area (Å²) in [5.74, 6) is 0.953. The summed E-state index contributed by atoms with van der Waals surface area (Å²) in [6.07, 6.45) is 0. The molecule has 0 aromatic carbocycles. The van der Waals surface area contributed by atoms with Crippen molar-refractivity contribution in [3.8, 4) is 5.75 Å². The van der Waals surface area contributed by atoms with E-state index in [9.17, 15) is 0 Å². The lowest BCUT2D eigenvalue weighted by Crippen LogP contribution is -2.27. The number of nitrogens with zero attached hydrogens (tertiary/aromatic N) is 1. The molecule has 3 nitrogen and oxygen atoms in total. The second-order valence-corrected chi connectivity index (χ2v) is 4.29. The molecule has 0 aliphatic rings. The Kier molecular flexibility index (Phi) is 5.68. The van der Waals surface area contributed by atoms with E-state index in [0.717, 1.165) is 36.9 Å². The third-order valence-corrected chi connectivity index (χ3v) is 3.37. The number of thiophene rings is 1. The summed E-state index contributed by atoms with van der Waals surface area (Å²) in [6, 6.07) is 2.00. The van der Waals surface area contributed by atoms with Crippen molar-refractivity contribution in [3.63, 3.8) is 0 Å². The number of hydrogen-bond acceptors (Lipinski definition) is 4. The van der Waals surface area contributed by atoms with Crippen LogP contribution in [0.5, 0.6) is 5.75 Å². The Morgan fingerprint density at radius 3 is 2.73 bits per heavy atom. The summed E-state index contributed by atoms with van der Waals surface area (Å²) in [7, 11) is 0. The maximum absolute atomic E-state index is 5.69. The maximum atomic E-state index is 5.69. The van der Waals surface area contributed by atoms with Crippen molar-refractivity contribution in [2.75, 3.05) is 26.2 Å². The van der Waals surface area contributed by atoms with Crippen LogP contribution in [0.15, 0.2) is 11.4 Å². The van der Waals surface area contributed by atoms with Gasteiger partial charge in [-0.2, -0.15) is 0 Å². The summed E-state index contributed by atoms with van der Waals surface area (Å²) in [4.78, 5) is 3.48. The average molecular weight is 228 g/mol. The lowest BCUT2D eigenvalue weighted by molar-refractivity contribution is 0.222. The van der Waals surface area contributed by atoms with E-state index >= 15 is 0 Å². The zero-order chi connectivity index (χ0) is 11.1. The molecule has 0 unspecified atom stereocenters. The molecule has 86 valence electrons. The highest BCUT2D eigenvalue weighted by Gasteiger charge is 2.04. The van der Waals surface area contributed by atoms with E-state index in [1.54, 1.807) is 11.3 Å². The van der Waals surface area contributed by atoms with Crippen molar-refractivity contribution in [2.24, 2.45) is 5.73 Å². The van der Waals surface area contributed by atoms with Gasteiger partial charge in [0, 0.05) is 13.1 Å². The van der Waals surface area contributed by atoms with E-state index < -0.39 is 0 Å². The zero-order valence-electron chi connectivity index (χ0n) is 9.53. The van der Waals surface area contributed by atoms with Gasteiger partial charge < -0.3 is 15.4 Å². The monoisotopic (exact) mass is 228 g/mol. The van der Waals surface area contributed by atoms with Gasteiger partial charge in [0.1, 0.15) is 12.4 Å². The molecule has 0 fully saturated rings. The molecule has 1 heterocycles. The fourth-order valence-electron chi connectivity index (χ4n) is 1.43. The summed E-state index contributed by atoms with van der Waals surface area (Å²) in [5.41, 5.74) is 5.60. The molecule has 0 radical (unpaired) electrons. The first kappa shape index (κ1) is 12.5. The summed E-state index contributed by atoms with van der Waals surface area (Å²) < 4.78 is 5.69. The Labute approximate surface area is 95.8 Å². The Morgan fingerprint density at radius 1 is 1.40 bits per heavy atom. The minimum Gasteiger partial charge on any atom is -0.491 e. The fraction of sp³-hybridized carbons (Fsp3) is 0.636. The van der Waals surface area contributed by atoms with E-state index in [1.807, 2.05) is 11.4 Å². The zero-order valence-corrected chi connectivity index (χ0v) is 10.3. The van der Waals surface area contributed by atoms with Crippen LogP contribution in [0.3, 0.4) is 0 Å². The van der Waals surface area contributed by atoms with E-state index in [-0.39, 0.29) is 0 Å². The smallest absolute Gasteiger partial charge is 0.134 e.